The van der Waals surface area contributed by atoms with Crippen LogP contribution in [0, 0.1) is 34.5 Å². The molecular weight excluding hydrogens is 538 g/mol. The number of aliphatic hydroxyl groups is 1. The molecule has 0 spiro atoms. The van der Waals surface area contributed by atoms with Gasteiger partial charge in [0.2, 0.25) is 0 Å². The number of aliphatic hydroxyl groups excluding tert-OH is 1. The summed E-state index contributed by atoms with van der Waals surface area (Å²) in [5.41, 5.74) is 0.277. The third-order valence-corrected chi connectivity index (χ3v) is 12.7. The third kappa shape index (κ3) is 4.08. The molecule has 6 aliphatic rings. The first-order valence-electron chi connectivity index (χ1n) is 15.0. The minimum Gasteiger partial charge on any atom is -0.465 e. The van der Waals surface area contributed by atoms with Crippen molar-refractivity contribution in [1.29, 1.82) is 0 Å². The number of hydroxylamine groups is 2. The Hall–Kier alpha value is -2.26. The molecule has 4 fully saturated rings. The number of fused-ring (bicyclic) bond motifs is 7. The molecule has 41 heavy (non-hydrogen) atoms. The summed E-state index contributed by atoms with van der Waals surface area (Å²) in [6.07, 6.45) is 8.54. The zero-order valence-electron chi connectivity index (χ0n) is 23.8. The van der Waals surface area contributed by atoms with Crippen molar-refractivity contribution in [2.75, 3.05) is 18.9 Å². The van der Waals surface area contributed by atoms with Crippen molar-refractivity contribution in [1.82, 2.24) is 5.06 Å². The molecule has 4 aliphatic carbocycles. The third-order valence-electron chi connectivity index (χ3n) is 11.4. The number of ketones is 2. The van der Waals surface area contributed by atoms with Gasteiger partial charge in [-0.1, -0.05) is 61.9 Å². The van der Waals surface area contributed by atoms with Crippen LogP contribution in [-0.2, 0) is 30.5 Å². The molecule has 2 aliphatic heterocycles. The molecule has 7 rings (SSSR count). The maximum Gasteiger partial charge on any atom is 0.319 e. The SMILES string of the molecule is C[C@]12C=CC(=O)CC1=CC[C@@H]1[C@@H]2[C@@H](O)C[C@@]2(C)[C@H]1C[C@H]1CN(Cc3ccccc3)O[C@]12C(=O)CSC1CCOC1=O. The van der Waals surface area contributed by atoms with Gasteiger partial charge in [0.1, 0.15) is 5.25 Å². The van der Waals surface area contributed by atoms with E-state index in [9.17, 15) is 19.5 Å². The topological polar surface area (TPSA) is 93.1 Å². The molecular formula is C33H39NO6S. The van der Waals surface area contributed by atoms with Gasteiger partial charge < -0.3 is 9.84 Å². The Morgan fingerprint density at radius 2 is 2.00 bits per heavy atom. The van der Waals surface area contributed by atoms with Gasteiger partial charge in [-0.3, -0.25) is 19.2 Å². The number of carbonyl (C=O) groups excluding carboxylic acids is 3. The van der Waals surface area contributed by atoms with Crippen LogP contribution in [0.15, 0.2) is 54.1 Å². The van der Waals surface area contributed by atoms with Crippen LogP contribution < -0.4 is 0 Å². The van der Waals surface area contributed by atoms with E-state index in [1.54, 1.807) is 6.08 Å². The first-order valence-corrected chi connectivity index (χ1v) is 16.1. The highest BCUT2D eigenvalue weighted by molar-refractivity contribution is 8.01. The van der Waals surface area contributed by atoms with Crippen molar-refractivity contribution < 1.29 is 29.1 Å². The number of benzene rings is 1. The van der Waals surface area contributed by atoms with Gasteiger partial charge in [0.05, 0.1) is 18.5 Å². The predicted octanol–water partition coefficient (Wildman–Crippen LogP) is 4.30. The van der Waals surface area contributed by atoms with Crippen molar-refractivity contribution in [2.24, 2.45) is 34.5 Å². The van der Waals surface area contributed by atoms with Crippen LogP contribution in [-0.4, -0.2) is 63.6 Å². The van der Waals surface area contributed by atoms with E-state index >= 15 is 0 Å². The summed E-state index contributed by atoms with van der Waals surface area (Å²) in [6, 6.07) is 10.2. The molecule has 0 aromatic heterocycles. The van der Waals surface area contributed by atoms with Crippen molar-refractivity contribution in [3.05, 3.63) is 59.7 Å². The number of rotatable bonds is 6. The van der Waals surface area contributed by atoms with E-state index in [-0.39, 0.29) is 57.6 Å². The lowest BCUT2D eigenvalue weighted by Gasteiger charge is -2.59. The Labute approximate surface area is 245 Å². The van der Waals surface area contributed by atoms with Gasteiger partial charge in [0.25, 0.3) is 0 Å². The number of ether oxygens (including phenoxy) is 1. The molecule has 2 saturated carbocycles. The lowest BCUT2D eigenvalue weighted by Crippen LogP contribution is -2.62. The van der Waals surface area contributed by atoms with Crippen molar-refractivity contribution >= 4 is 29.3 Å². The number of allylic oxidation sites excluding steroid dienone is 4. The zero-order valence-corrected chi connectivity index (χ0v) is 24.6. The van der Waals surface area contributed by atoms with E-state index in [1.165, 1.54) is 11.8 Å². The molecule has 2 heterocycles. The number of thioether (sulfide) groups is 1. The van der Waals surface area contributed by atoms with E-state index < -0.39 is 17.1 Å². The molecule has 2 saturated heterocycles. The summed E-state index contributed by atoms with van der Waals surface area (Å²) in [4.78, 5) is 45.8. The van der Waals surface area contributed by atoms with Gasteiger partial charge in [-0.2, -0.15) is 5.06 Å². The molecule has 218 valence electrons. The average Bonchev–Trinajstić information content (AvgIpc) is 3.59. The summed E-state index contributed by atoms with van der Waals surface area (Å²) in [5.74, 6) is 0.488. The molecule has 1 unspecified atom stereocenters. The number of nitrogens with zero attached hydrogens (tertiary/aromatic N) is 1. The second-order valence-corrected chi connectivity index (χ2v) is 14.6. The van der Waals surface area contributed by atoms with Gasteiger partial charge in [0, 0.05) is 48.6 Å². The van der Waals surface area contributed by atoms with E-state index in [2.05, 4.69) is 32.1 Å². The number of Topliss-reactive ketones (excluding diaryl/α,β-unsaturated/α-hetero) is 1. The van der Waals surface area contributed by atoms with Crippen LogP contribution in [0.25, 0.3) is 0 Å². The highest BCUT2D eigenvalue weighted by atomic mass is 32.2. The minimum atomic E-state index is -1.06. The summed E-state index contributed by atoms with van der Waals surface area (Å²) in [6.45, 7) is 6.01. The lowest BCUT2D eigenvalue weighted by atomic mass is 9.47. The van der Waals surface area contributed by atoms with Gasteiger partial charge in [-0.05, 0) is 42.7 Å². The molecule has 1 aromatic rings. The Kier molecular flexibility index (Phi) is 6.65. The zero-order chi connectivity index (χ0) is 28.6. The molecule has 0 radical (unpaired) electrons. The highest BCUT2D eigenvalue weighted by Crippen LogP contribution is 2.70. The second kappa shape index (κ2) is 9.90. The number of hydrogen-bond donors (Lipinski definition) is 1. The second-order valence-electron chi connectivity index (χ2n) is 13.5. The minimum absolute atomic E-state index is 0.000963. The standard InChI is InChI=1S/C33H39NO6S/c1-31-12-10-23(35)14-21(31)8-9-24-25-15-22-18-34(17-20-6-4-3-5-7-20)40-33(22,32(25,2)16-26(36)29(24)31)28(37)19-41-27-11-13-39-30(27)38/h3-8,10,12,22,24-27,29,36H,9,11,13-19H2,1-2H3/t22-,24-,25-,26-,27?,29+,31-,32-,33-/m0/s1. The summed E-state index contributed by atoms with van der Waals surface area (Å²) < 4.78 is 5.15. The number of esters is 1. The fourth-order valence-electron chi connectivity index (χ4n) is 9.64. The Bertz CT molecular complexity index is 1330. The van der Waals surface area contributed by atoms with Gasteiger partial charge >= 0.3 is 5.97 Å². The van der Waals surface area contributed by atoms with Crippen molar-refractivity contribution in [3.8, 4) is 0 Å². The Morgan fingerprint density at radius 1 is 1.20 bits per heavy atom. The quantitative estimate of drug-likeness (QED) is 0.395. The Balaban J connectivity index is 1.23. The lowest BCUT2D eigenvalue weighted by molar-refractivity contribution is -0.251. The first kappa shape index (κ1) is 27.6. The molecule has 1 aromatic carbocycles. The highest BCUT2D eigenvalue weighted by Gasteiger charge is 2.75. The van der Waals surface area contributed by atoms with Gasteiger partial charge in [0.15, 0.2) is 17.2 Å². The number of cyclic esters (lactones) is 1. The van der Waals surface area contributed by atoms with E-state index in [1.807, 2.05) is 29.3 Å². The van der Waals surface area contributed by atoms with Crippen LogP contribution in [0.4, 0.5) is 0 Å². The molecule has 1 N–H and O–H groups in total. The predicted molar refractivity (Wildman–Crippen MR) is 154 cm³/mol. The van der Waals surface area contributed by atoms with Crippen LogP contribution in [0.5, 0.6) is 0 Å². The van der Waals surface area contributed by atoms with Crippen LogP contribution >= 0.6 is 11.8 Å². The van der Waals surface area contributed by atoms with Gasteiger partial charge in [-0.15, -0.1) is 11.8 Å². The fraction of sp³-hybridized carbons (Fsp3) is 0.606. The number of hydrogen-bond acceptors (Lipinski definition) is 8. The first-order chi connectivity index (χ1) is 19.7. The maximum absolute atomic E-state index is 14.5. The fourth-order valence-corrected chi connectivity index (χ4v) is 10.7. The molecule has 8 heteroatoms. The van der Waals surface area contributed by atoms with Crippen LogP contribution in [0.1, 0.15) is 51.5 Å². The van der Waals surface area contributed by atoms with Crippen LogP contribution in [0.2, 0.25) is 0 Å². The smallest absolute Gasteiger partial charge is 0.319 e. The molecule has 7 nitrogen and oxygen atoms in total. The average molecular weight is 578 g/mol. The summed E-state index contributed by atoms with van der Waals surface area (Å²) in [7, 11) is 0. The van der Waals surface area contributed by atoms with E-state index in [0.717, 1.165) is 24.0 Å². The largest absolute Gasteiger partial charge is 0.465 e. The van der Waals surface area contributed by atoms with E-state index in [4.69, 9.17) is 9.57 Å². The van der Waals surface area contributed by atoms with Gasteiger partial charge in [-0.25, -0.2) is 0 Å². The van der Waals surface area contributed by atoms with Crippen molar-refractivity contribution in [2.45, 2.75) is 69.5 Å². The Morgan fingerprint density at radius 3 is 2.76 bits per heavy atom. The normalized spacial score (nSPS) is 43.1. The monoisotopic (exact) mass is 577 g/mol. The van der Waals surface area contributed by atoms with Crippen LogP contribution in [0.3, 0.4) is 0 Å². The molecule has 9 atom stereocenters. The molecule has 0 bridgehead atoms. The maximum atomic E-state index is 14.5. The van der Waals surface area contributed by atoms with E-state index in [0.29, 0.717) is 39.0 Å². The summed E-state index contributed by atoms with van der Waals surface area (Å²) in [5, 5.41) is 13.6. The molecule has 0 amide bonds. The number of carbonyl (C=O) groups is 3. The van der Waals surface area contributed by atoms with Crippen molar-refractivity contribution in [3.63, 3.8) is 0 Å². The summed E-state index contributed by atoms with van der Waals surface area (Å²) >= 11 is 1.38.